The van der Waals surface area contributed by atoms with Crippen LogP contribution in [0.3, 0.4) is 0 Å². The van der Waals surface area contributed by atoms with Gasteiger partial charge in [-0.2, -0.15) is 5.10 Å². The van der Waals surface area contributed by atoms with E-state index in [0.29, 0.717) is 23.7 Å². The third-order valence-corrected chi connectivity index (χ3v) is 5.56. The van der Waals surface area contributed by atoms with E-state index in [-0.39, 0.29) is 23.2 Å². The summed E-state index contributed by atoms with van der Waals surface area (Å²) in [5.74, 6) is -1.14. The Bertz CT molecular complexity index is 1260. The molecule has 33 heavy (non-hydrogen) atoms. The number of nitrogens with zero attached hydrogens (tertiary/aromatic N) is 4. The zero-order valence-electron chi connectivity index (χ0n) is 18.0. The number of aryl methyl sites for hydroxylation is 1. The van der Waals surface area contributed by atoms with Gasteiger partial charge in [0.2, 0.25) is 11.3 Å². The minimum Gasteiger partial charge on any atom is -0.369 e. The summed E-state index contributed by atoms with van der Waals surface area (Å²) in [5.41, 5.74) is 5.38. The van der Waals surface area contributed by atoms with Crippen LogP contribution in [-0.4, -0.2) is 39.7 Å². The predicted molar refractivity (Wildman–Crippen MR) is 121 cm³/mol. The number of rotatable bonds is 5. The van der Waals surface area contributed by atoms with Gasteiger partial charge in [-0.05, 0) is 44.0 Å². The summed E-state index contributed by atoms with van der Waals surface area (Å²) in [5, 5.41) is 6.70. The van der Waals surface area contributed by atoms with Crippen LogP contribution in [0.15, 0.2) is 53.5 Å². The third kappa shape index (κ3) is 4.74. The molecule has 0 aliphatic carbocycles. The topological polar surface area (TPSA) is 123 Å². The second-order valence-corrected chi connectivity index (χ2v) is 7.91. The first kappa shape index (κ1) is 22.1. The number of halogens is 1. The van der Waals surface area contributed by atoms with Crippen molar-refractivity contribution in [3.05, 3.63) is 76.1 Å². The molecule has 3 N–H and O–H groups in total. The molecule has 3 aromatic rings. The number of primary amides is 1. The van der Waals surface area contributed by atoms with Crippen molar-refractivity contribution in [3.63, 3.8) is 0 Å². The molecule has 4 rings (SSSR count). The lowest BCUT2D eigenvalue weighted by Crippen LogP contribution is -2.41. The molecule has 2 amide bonds. The quantitative estimate of drug-likeness (QED) is 0.613. The Morgan fingerprint density at radius 1 is 1.21 bits per heavy atom. The standard InChI is InChI=1S/C23H23FN6O3/c1-14-11-19(31)21(28-30(14)18-7-3-2-6-17(18)24)23(33)27-16-8-9-20(26-12-16)29-10-4-5-15(13-29)22(25)32/h2-3,6-9,11-12,15H,4-5,10,13H2,1H3,(H2,25,32)(H,27,33). The Morgan fingerprint density at radius 2 is 2.00 bits per heavy atom. The van der Waals surface area contributed by atoms with E-state index in [1.54, 1.807) is 31.2 Å². The fraction of sp³-hybridized carbons (Fsp3) is 0.261. The average molecular weight is 450 g/mol. The number of nitrogens with two attached hydrogens (primary N) is 1. The Kier molecular flexibility index (Phi) is 6.16. The first-order valence-corrected chi connectivity index (χ1v) is 10.5. The van der Waals surface area contributed by atoms with Gasteiger partial charge < -0.3 is 16.0 Å². The van der Waals surface area contributed by atoms with Gasteiger partial charge in [-0.3, -0.25) is 14.4 Å². The van der Waals surface area contributed by atoms with Crippen molar-refractivity contribution < 1.29 is 14.0 Å². The van der Waals surface area contributed by atoms with E-state index >= 15 is 0 Å². The Hall–Kier alpha value is -4.08. The van der Waals surface area contributed by atoms with Crippen molar-refractivity contribution in [1.82, 2.24) is 14.8 Å². The van der Waals surface area contributed by atoms with Crippen molar-refractivity contribution in [2.45, 2.75) is 19.8 Å². The lowest BCUT2D eigenvalue weighted by molar-refractivity contribution is -0.122. The van der Waals surface area contributed by atoms with Crippen molar-refractivity contribution >= 4 is 23.3 Å². The lowest BCUT2D eigenvalue weighted by Gasteiger charge is -2.32. The van der Waals surface area contributed by atoms with Gasteiger partial charge in [0.15, 0.2) is 5.69 Å². The molecular formula is C23H23FN6O3. The van der Waals surface area contributed by atoms with E-state index < -0.39 is 17.2 Å². The van der Waals surface area contributed by atoms with Crippen LogP contribution in [0.2, 0.25) is 0 Å². The molecule has 1 aromatic carbocycles. The van der Waals surface area contributed by atoms with E-state index in [0.717, 1.165) is 19.4 Å². The van der Waals surface area contributed by atoms with Gasteiger partial charge in [-0.25, -0.2) is 14.1 Å². The van der Waals surface area contributed by atoms with Crippen LogP contribution >= 0.6 is 0 Å². The molecule has 1 atom stereocenters. The third-order valence-electron chi connectivity index (χ3n) is 5.56. The minimum absolute atomic E-state index is 0.130. The molecular weight excluding hydrogens is 427 g/mol. The van der Waals surface area contributed by atoms with E-state index in [1.165, 1.54) is 29.1 Å². The highest BCUT2D eigenvalue weighted by Gasteiger charge is 2.25. The van der Waals surface area contributed by atoms with Gasteiger partial charge in [-0.15, -0.1) is 0 Å². The second-order valence-electron chi connectivity index (χ2n) is 7.91. The number of carbonyl (C=O) groups is 2. The average Bonchev–Trinajstić information content (AvgIpc) is 2.80. The summed E-state index contributed by atoms with van der Waals surface area (Å²) in [6, 6.07) is 10.6. The monoisotopic (exact) mass is 450 g/mol. The lowest BCUT2D eigenvalue weighted by atomic mass is 9.97. The van der Waals surface area contributed by atoms with Gasteiger partial charge in [0, 0.05) is 24.8 Å². The molecule has 1 fully saturated rings. The number of hydrogen-bond donors (Lipinski definition) is 2. The van der Waals surface area contributed by atoms with Crippen LogP contribution in [0.25, 0.3) is 5.69 Å². The fourth-order valence-electron chi connectivity index (χ4n) is 3.83. The molecule has 0 saturated carbocycles. The van der Waals surface area contributed by atoms with Crippen LogP contribution in [0, 0.1) is 18.7 Å². The van der Waals surface area contributed by atoms with Crippen molar-refractivity contribution in [1.29, 1.82) is 0 Å². The minimum atomic E-state index is -0.730. The van der Waals surface area contributed by atoms with Crippen LogP contribution in [0.1, 0.15) is 29.0 Å². The maximum atomic E-state index is 14.2. The zero-order chi connectivity index (χ0) is 23.5. The van der Waals surface area contributed by atoms with Gasteiger partial charge >= 0.3 is 0 Å². The molecule has 0 spiro atoms. The SMILES string of the molecule is Cc1cc(=O)c(C(=O)Nc2ccc(N3CCCC(C(N)=O)C3)nc2)nn1-c1ccccc1F. The van der Waals surface area contributed by atoms with Crippen LogP contribution < -0.4 is 21.4 Å². The Balaban J connectivity index is 1.53. The molecule has 1 saturated heterocycles. The highest BCUT2D eigenvalue weighted by Crippen LogP contribution is 2.22. The summed E-state index contributed by atoms with van der Waals surface area (Å²) >= 11 is 0. The van der Waals surface area contributed by atoms with E-state index in [9.17, 15) is 18.8 Å². The molecule has 170 valence electrons. The Labute approximate surface area is 189 Å². The van der Waals surface area contributed by atoms with Crippen LogP contribution in [0.4, 0.5) is 15.9 Å². The van der Waals surface area contributed by atoms with E-state index in [4.69, 9.17) is 5.73 Å². The first-order chi connectivity index (χ1) is 15.8. The summed E-state index contributed by atoms with van der Waals surface area (Å²) in [4.78, 5) is 43.0. The normalized spacial score (nSPS) is 15.8. The molecule has 2 aromatic heterocycles. The van der Waals surface area contributed by atoms with Gasteiger partial charge in [-0.1, -0.05) is 12.1 Å². The smallest absolute Gasteiger partial charge is 0.280 e. The number of para-hydroxylation sites is 1. The van der Waals surface area contributed by atoms with Gasteiger partial charge in [0.25, 0.3) is 5.91 Å². The van der Waals surface area contributed by atoms with Crippen molar-refractivity contribution in [2.24, 2.45) is 11.7 Å². The number of pyridine rings is 1. The fourth-order valence-corrected chi connectivity index (χ4v) is 3.83. The highest BCUT2D eigenvalue weighted by atomic mass is 19.1. The van der Waals surface area contributed by atoms with E-state index in [2.05, 4.69) is 15.4 Å². The molecule has 1 aliphatic rings. The van der Waals surface area contributed by atoms with Crippen LogP contribution in [-0.2, 0) is 4.79 Å². The van der Waals surface area contributed by atoms with Gasteiger partial charge in [0.05, 0.1) is 17.8 Å². The highest BCUT2D eigenvalue weighted by molar-refractivity contribution is 6.02. The number of benzene rings is 1. The summed E-state index contributed by atoms with van der Waals surface area (Å²) in [6.45, 7) is 2.86. The number of aromatic nitrogens is 3. The zero-order valence-corrected chi connectivity index (χ0v) is 18.0. The Morgan fingerprint density at radius 3 is 2.70 bits per heavy atom. The first-order valence-electron chi connectivity index (χ1n) is 10.5. The molecule has 9 nitrogen and oxygen atoms in total. The largest absolute Gasteiger partial charge is 0.369 e. The number of amides is 2. The van der Waals surface area contributed by atoms with Crippen LogP contribution in [0.5, 0.6) is 0 Å². The number of anilines is 2. The van der Waals surface area contributed by atoms with E-state index in [1.807, 2.05) is 4.90 Å². The summed E-state index contributed by atoms with van der Waals surface area (Å²) < 4.78 is 15.4. The maximum Gasteiger partial charge on any atom is 0.280 e. The molecule has 1 aliphatic heterocycles. The number of nitrogens with one attached hydrogen (secondary N) is 1. The molecule has 10 heteroatoms. The molecule has 1 unspecified atom stereocenters. The molecule has 3 heterocycles. The summed E-state index contributed by atoms with van der Waals surface area (Å²) in [6.07, 6.45) is 3.06. The van der Waals surface area contributed by atoms with Crippen molar-refractivity contribution in [2.75, 3.05) is 23.3 Å². The maximum absolute atomic E-state index is 14.2. The second kappa shape index (κ2) is 9.19. The summed E-state index contributed by atoms with van der Waals surface area (Å²) in [7, 11) is 0. The molecule has 0 bridgehead atoms. The number of piperidine rings is 1. The number of carbonyl (C=O) groups excluding carboxylic acids is 2. The molecule has 0 radical (unpaired) electrons. The van der Waals surface area contributed by atoms with Crippen molar-refractivity contribution in [3.8, 4) is 5.69 Å². The predicted octanol–water partition coefficient (Wildman–Crippen LogP) is 2.03. The van der Waals surface area contributed by atoms with Gasteiger partial charge in [0.1, 0.15) is 17.3 Å². The number of hydrogen-bond acceptors (Lipinski definition) is 6.